The third-order valence-corrected chi connectivity index (χ3v) is 9.67. The average Bonchev–Trinajstić information content (AvgIpc) is 2.79. The van der Waals surface area contributed by atoms with E-state index in [9.17, 15) is 14.7 Å². The van der Waals surface area contributed by atoms with E-state index in [1.807, 2.05) is 12.1 Å². The number of hydrogen-bond acceptors (Lipinski definition) is 6. The predicted octanol–water partition coefficient (Wildman–Crippen LogP) is 3.94. The van der Waals surface area contributed by atoms with Crippen LogP contribution in [0.4, 0.5) is 5.82 Å². The van der Waals surface area contributed by atoms with E-state index < -0.39 is 11.6 Å². The van der Waals surface area contributed by atoms with Crippen molar-refractivity contribution in [1.82, 2.24) is 10.3 Å². The van der Waals surface area contributed by atoms with E-state index in [2.05, 4.69) is 17.1 Å². The van der Waals surface area contributed by atoms with Crippen LogP contribution in [-0.2, 0) is 4.79 Å². The zero-order chi connectivity index (χ0) is 23.9. The smallest absolute Gasteiger partial charge is 0.303 e. The lowest BCUT2D eigenvalue weighted by atomic mass is 9.52. The minimum absolute atomic E-state index is 0.0396. The van der Waals surface area contributed by atoms with Crippen LogP contribution >= 0.6 is 11.8 Å². The van der Waals surface area contributed by atoms with Gasteiger partial charge in [0.1, 0.15) is 10.8 Å². The van der Waals surface area contributed by atoms with Crippen LogP contribution in [0.5, 0.6) is 0 Å². The second kappa shape index (κ2) is 9.69. The number of pyridine rings is 1. The molecule has 1 saturated heterocycles. The lowest BCUT2D eigenvalue weighted by Gasteiger charge is -2.58. The molecule has 0 radical (unpaired) electrons. The first kappa shape index (κ1) is 23.9. The van der Waals surface area contributed by atoms with Crippen LogP contribution in [0.1, 0.15) is 75.1 Å². The van der Waals surface area contributed by atoms with Crippen molar-refractivity contribution in [2.45, 2.75) is 81.4 Å². The molecule has 0 spiro atoms. The molecule has 5 fully saturated rings. The maximum atomic E-state index is 13.4. The van der Waals surface area contributed by atoms with Gasteiger partial charge in [-0.15, -0.1) is 11.8 Å². The average molecular weight is 488 g/mol. The second-order valence-corrected chi connectivity index (χ2v) is 12.2. The van der Waals surface area contributed by atoms with E-state index >= 15 is 0 Å². The second-order valence-electron chi connectivity index (χ2n) is 11.1. The van der Waals surface area contributed by atoms with Crippen molar-refractivity contribution in [3.8, 4) is 0 Å². The molecule has 1 aromatic rings. The summed E-state index contributed by atoms with van der Waals surface area (Å²) in [6.45, 7) is 3.72. The molecule has 4 aliphatic carbocycles. The molecular weight excluding hydrogens is 450 g/mol. The molecule has 4 bridgehead atoms. The van der Waals surface area contributed by atoms with E-state index in [-0.39, 0.29) is 24.3 Å². The van der Waals surface area contributed by atoms with Crippen molar-refractivity contribution < 1.29 is 19.8 Å². The van der Waals surface area contributed by atoms with E-state index in [4.69, 9.17) is 10.1 Å². The number of carboxylic acid groups (broad SMARTS) is 1. The molecule has 0 aromatic carbocycles. The number of carbonyl (C=O) groups is 2. The van der Waals surface area contributed by atoms with Crippen LogP contribution in [0.25, 0.3) is 0 Å². The van der Waals surface area contributed by atoms with E-state index in [0.29, 0.717) is 23.3 Å². The van der Waals surface area contributed by atoms with Gasteiger partial charge in [0.05, 0.1) is 11.2 Å². The minimum Gasteiger partial charge on any atom is -0.481 e. The molecule has 1 amide bonds. The Kier molecular flexibility index (Phi) is 6.81. The van der Waals surface area contributed by atoms with E-state index in [1.54, 1.807) is 11.8 Å². The fourth-order valence-corrected chi connectivity index (χ4v) is 8.02. The highest BCUT2D eigenvalue weighted by atomic mass is 32.2. The van der Waals surface area contributed by atoms with E-state index in [1.165, 1.54) is 0 Å². The number of carboxylic acids is 1. The number of anilines is 1. The number of aliphatic carboxylic acids is 1. The highest BCUT2D eigenvalue weighted by molar-refractivity contribution is 7.99. The molecule has 7 nitrogen and oxygen atoms in total. The zero-order valence-electron chi connectivity index (χ0n) is 20.0. The summed E-state index contributed by atoms with van der Waals surface area (Å²) in [6, 6.07) is 4.02. The molecular formula is C26H37N3O4S. The molecule has 5 aliphatic rings. The summed E-state index contributed by atoms with van der Waals surface area (Å²) >= 11 is 1.64. The van der Waals surface area contributed by atoms with Crippen LogP contribution in [-0.4, -0.2) is 57.6 Å². The number of nitrogens with one attached hydrogen (secondary N) is 1. The third-order valence-electron chi connectivity index (χ3n) is 8.47. The molecule has 1 aromatic heterocycles. The fourth-order valence-electron chi connectivity index (χ4n) is 7.15. The van der Waals surface area contributed by atoms with Gasteiger partial charge in [0.15, 0.2) is 0 Å². The highest BCUT2D eigenvalue weighted by Crippen LogP contribution is 2.55. The molecule has 186 valence electrons. The Bertz CT molecular complexity index is 917. The van der Waals surface area contributed by atoms with Gasteiger partial charge in [-0.05, 0) is 92.9 Å². The van der Waals surface area contributed by atoms with Gasteiger partial charge in [-0.1, -0.05) is 6.92 Å². The summed E-state index contributed by atoms with van der Waals surface area (Å²) in [7, 11) is 0. The highest BCUT2D eigenvalue weighted by Gasteiger charge is 2.55. The molecule has 34 heavy (non-hydrogen) atoms. The standard InChI is InChI=1S/C26H37N3O4S/c1-2-9-34-25-20(3-4-21(27-25)29-7-5-16(6-8-29)12-22(30)31)24(32)28-23-18-10-17-11-19(23)15-26(33,13-17)14-18/h3-4,16-19,23,33H,2,5-15H2,1H3,(H,28,32)(H,30,31). The quantitative estimate of drug-likeness (QED) is 0.477. The Hall–Kier alpha value is -1.80. The minimum atomic E-state index is -0.724. The molecule has 2 atom stereocenters. The summed E-state index contributed by atoms with van der Waals surface area (Å²) < 4.78 is 0. The Morgan fingerprint density at radius 1 is 1.18 bits per heavy atom. The van der Waals surface area contributed by atoms with Gasteiger partial charge < -0.3 is 20.4 Å². The first-order chi connectivity index (χ1) is 16.3. The number of nitrogens with zero attached hydrogens (tertiary/aromatic N) is 2. The number of rotatable bonds is 8. The Labute approximate surface area is 206 Å². The van der Waals surface area contributed by atoms with Crippen LogP contribution in [0.2, 0.25) is 0 Å². The van der Waals surface area contributed by atoms with Crippen molar-refractivity contribution in [3.05, 3.63) is 17.7 Å². The van der Waals surface area contributed by atoms with Gasteiger partial charge >= 0.3 is 5.97 Å². The Morgan fingerprint density at radius 3 is 2.50 bits per heavy atom. The van der Waals surface area contributed by atoms with Crippen LogP contribution in [0.3, 0.4) is 0 Å². The van der Waals surface area contributed by atoms with Gasteiger partial charge in [-0.2, -0.15) is 0 Å². The van der Waals surface area contributed by atoms with E-state index in [0.717, 1.165) is 81.1 Å². The topological polar surface area (TPSA) is 103 Å². The first-order valence-corrected chi connectivity index (χ1v) is 14.0. The van der Waals surface area contributed by atoms with Gasteiger partial charge in [-0.3, -0.25) is 9.59 Å². The number of piperidine rings is 1. The van der Waals surface area contributed by atoms with Gasteiger partial charge in [-0.25, -0.2) is 4.98 Å². The monoisotopic (exact) mass is 487 g/mol. The van der Waals surface area contributed by atoms with Gasteiger partial charge in [0.25, 0.3) is 5.91 Å². The maximum Gasteiger partial charge on any atom is 0.303 e. The van der Waals surface area contributed by atoms with Crippen LogP contribution in [0.15, 0.2) is 17.2 Å². The van der Waals surface area contributed by atoms with Crippen molar-refractivity contribution in [2.75, 3.05) is 23.7 Å². The summed E-state index contributed by atoms with van der Waals surface area (Å²) in [5.74, 6) is 2.62. The van der Waals surface area contributed by atoms with Crippen LogP contribution < -0.4 is 10.2 Å². The summed E-state index contributed by atoms with van der Waals surface area (Å²) in [5.41, 5.74) is 0.150. The summed E-state index contributed by atoms with van der Waals surface area (Å²) in [6.07, 6.45) is 7.76. The molecule has 8 heteroatoms. The molecule has 1 aliphatic heterocycles. The fraction of sp³-hybridized carbons (Fsp3) is 0.731. The number of amides is 1. The number of aromatic nitrogens is 1. The Morgan fingerprint density at radius 2 is 1.88 bits per heavy atom. The normalized spacial score (nSPS) is 32.7. The largest absolute Gasteiger partial charge is 0.481 e. The zero-order valence-corrected chi connectivity index (χ0v) is 20.9. The number of carbonyl (C=O) groups excluding carboxylic acids is 1. The van der Waals surface area contributed by atoms with Gasteiger partial charge in [0.2, 0.25) is 0 Å². The van der Waals surface area contributed by atoms with Crippen molar-refractivity contribution in [2.24, 2.45) is 23.7 Å². The summed E-state index contributed by atoms with van der Waals surface area (Å²) in [5, 5.41) is 24.1. The SMILES string of the molecule is CCCSc1nc(N2CCC(CC(=O)O)CC2)ccc1C(=O)NC1C2CC3CC1CC(O)(C3)C2. The molecule has 6 rings (SSSR count). The molecule has 4 saturated carbocycles. The molecule has 2 unspecified atom stereocenters. The molecule has 3 N–H and O–H groups in total. The van der Waals surface area contributed by atoms with Crippen molar-refractivity contribution >= 4 is 29.5 Å². The Balaban J connectivity index is 1.28. The lowest BCUT2D eigenvalue weighted by Crippen LogP contribution is -2.61. The van der Waals surface area contributed by atoms with Crippen molar-refractivity contribution in [1.29, 1.82) is 0 Å². The molecule has 2 heterocycles. The van der Waals surface area contributed by atoms with Crippen LogP contribution in [0, 0.1) is 23.7 Å². The number of thioether (sulfide) groups is 1. The maximum absolute atomic E-state index is 13.4. The van der Waals surface area contributed by atoms with Gasteiger partial charge in [0, 0.05) is 25.6 Å². The predicted molar refractivity (Wildman–Crippen MR) is 132 cm³/mol. The number of hydrogen-bond donors (Lipinski definition) is 3. The summed E-state index contributed by atoms with van der Waals surface area (Å²) in [4.78, 5) is 31.6. The third kappa shape index (κ3) is 4.94. The number of aliphatic hydroxyl groups is 1. The first-order valence-electron chi connectivity index (χ1n) is 13.0. The lowest BCUT2D eigenvalue weighted by molar-refractivity contribution is -0.138. The van der Waals surface area contributed by atoms with Crippen molar-refractivity contribution in [3.63, 3.8) is 0 Å².